The van der Waals surface area contributed by atoms with E-state index < -0.39 is 4.92 Å². The van der Waals surface area contributed by atoms with E-state index >= 15 is 0 Å². The minimum atomic E-state index is -0.457. The fourth-order valence-electron chi connectivity index (χ4n) is 2.97. The molecule has 1 aliphatic heterocycles. The van der Waals surface area contributed by atoms with E-state index in [-0.39, 0.29) is 5.69 Å². The van der Waals surface area contributed by atoms with Crippen LogP contribution in [-0.4, -0.2) is 23.0 Å². The third-order valence-electron chi connectivity index (χ3n) is 4.39. The van der Waals surface area contributed by atoms with Gasteiger partial charge in [-0.3, -0.25) is 10.1 Å². The van der Waals surface area contributed by atoms with E-state index in [1.165, 1.54) is 37.8 Å². The molecule has 0 saturated carbocycles. The first-order valence-corrected chi connectivity index (χ1v) is 8.89. The van der Waals surface area contributed by atoms with Gasteiger partial charge >= 0.3 is 0 Å². The second-order valence-corrected chi connectivity index (χ2v) is 6.61. The van der Waals surface area contributed by atoms with Crippen LogP contribution in [0, 0.1) is 10.1 Å². The molecule has 1 aliphatic rings. The molecule has 132 valence electrons. The Morgan fingerprint density at radius 2 is 1.92 bits per heavy atom. The average Bonchev–Trinajstić information content (AvgIpc) is 2.90. The van der Waals surface area contributed by atoms with Crippen molar-refractivity contribution >= 4 is 28.8 Å². The molecule has 0 bridgehead atoms. The van der Waals surface area contributed by atoms with Gasteiger partial charge in [0, 0.05) is 38.0 Å². The van der Waals surface area contributed by atoms with Crippen molar-refractivity contribution in [1.29, 1.82) is 0 Å². The second-order valence-electron chi connectivity index (χ2n) is 6.20. The Hall–Kier alpha value is -2.34. The van der Waals surface area contributed by atoms with Crippen LogP contribution in [0.3, 0.4) is 0 Å². The summed E-state index contributed by atoms with van der Waals surface area (Å²) in [5.41, 5.74) is 1.69. The maximum Gasteiger partial charge on any atom is 0.271 e. The lowest BCUT2D eigenvalue weighted by Crippen LogP contribution is -2.24. The molecule has 0 spiro atoms. The lowest BCUT2D eigenvalue weighted by Gasteiger charge is -2.21. The number of non-ortho nitro benzene ring substituents is 1. The first-order chi connectivity index (χ1) is 12.1. The largest absolute Gasteiger partial charge is 0.380 e. The monoisotopic (exact) mass is 360 g/mol. The lowest BCUT2D eigenvalue weighted by atomic mass is 10.2. The van der Waals surface area contributed by atoms with Gasteiger partial charge in [-0.2, -0.15) is 0 Å². The van der Waals surface area contributed by atoms with Crippen LogP contribution in [0.5, 0.6) is 0 Å². The van der Waals surface area contributed by atoms with Crippen molar-refractivity contribution < 1.29 is 4.92 Å². The van der Waals surface area contributed by atoms with E-state index in [1.54, 1.807) is 6.07 Å². The number of rotatable bonds is 5. The average molecular weight is 361 g/mol. The van der Waals surface area contributed by atoms with Gasteiger partial charge in [-0.05, 0) is 30.5 Å². The normalized spacial score (nSPS) is 14.8. The van der Waals surface area contributed by atoms with E-state index in [9.17, 15) is 10.1 Å². The quantitative estimate of drug-likeness (QED) is 0.621. The second kappa shape index (κ2) is 8.16. The van der Waals surface area contributed by atoms with E-state index in [1.807, 2.05) is 6.20 Å². The van der Waals surface area contributed by atoms with Crippen molar-refractivity contribution in [1.82, 2.24) is 4.98 Å². The van der Waals surface area contributed by atoms with E-state index in [2.05, 4.69) is 27.3 Å². The van der Waals surface area contributed by atoms with Gasteiger partial charge in [0.25, 0.3) is 5.69 Å². The topological polar surface area (TPSA) is 71.3 Å². The molecule has 1 aromatic carbocycles. The highest BCUT2D eigenvalue weighted by Gasteiger charge is 2.11. The molecule has 2 aromatic rings. The summed E-state index contributed by atoms with van der Waals surface area (Å²) >= 11 is 6.09. The standard InChI is InChI=1S/C18H21ClN4O2/c19-16-11-15(23(24)25)6-7-17(16)20-12-14-5-8-18(21-13-14)22-9-3-1-2-4-10-22/h5-8,11,13,20H,1-4,9-10,12H2. The van der Waals surface area contributed by atoms with Crippen LogP contribution < -0.4 is 10.2 Å². The van der Waals surface area contributed by atoms with Crippen LogP contribution in [0.1, 0.15) is 31.2 Å². The summed E-state index contributed by atoms with van der Waals surface area (Å²) in [5, 5.41) is 14.3. The zero-order valence-electron chi connectivity index (χ0n) is 13.9. The summed E-state index contributed by atoms with van der Waals surface area (Å²) in [6.45, 7) is 2.71. The van der Waals surface area contributed by atoms with Crippen molar-refractivity contribution in [3.05, 3.63) is 57.2 Å². The van der Waals surface area contributed by atoms with Crippen LogP contribution in [0.2, 0.25) is 5.02 Å². The summed E-state index contributed by atoms with van der Waals surface area (Å²) in [6, 6.07) is 8.53. The zero-order valence-corrected chi connectivity index (χ0v) is 14.7. The third kappa shape index (κ3) is 4.60. The number of nitro groups is 1. The van der Waals surface area contributed by atoms with Crippen LogP contribution in [0.25, 0.3) is 0 Å². The first-order valence-electron chi connectivity index (χ1n) is 8.51. The van der Waals surface area contributed by atoms with Gasteiger partial charge in [-0.25, -0.2) is 4.98 Å². The van der Waals surface area contributed by atoms with Crippen molar-refractivity contribution in [2.75, 3.05) is 23.3 Å². The van der Waals surface area contributed by atoms with Crippen molar-refractivity contribution in [3.63, 3.8) is 0 Å². The molecule has 0 atom stereocenters. The van der Waals surface area contributed by atoms with Gasteiger partial charge in [0.05, 0.1) is 15.6 Å². The molecule has 1 N–H and O–H groups in total. The van der Waals surface area contributed by atoms with Crippen molar-refractivity contribution in [2.45, 2.75) is 32.2 Å². The molecule has 1 saturated heterocycles. The number of hydrogen-bond donors (Lipinski definition) is 1. The van der Waals surface area contributed by atoms with E-state index in [0.717, 1.165) is 24.5 Å². The van der Waals surface area contributed by atoms with E-state index in [4.69, 9.17) is 11.6 Å². The molecule has 0 aliphatic carbocycles. The highest BCUT2D eigenvalue weighted by molar-refractivity contribution is 6.33. The highest BCUT2D eigenvalue weighted by Crippen LogP contribution is 2.27. The maximum absolute atomic E-state index is 10.7. The SMILES string of the molecule is O=[N+]([O-])c1ccc(NCc2ccc(N3CCCCCC3)nc2)c(Cl)c1. The number of nitrogens with one attached hydrogen (secondary N) is 1. The van der Waals surface area contributed by atoms with Crippen LogP contribution >= 0.6 is 11.6 Å². The molecule has 1 aromatic heterocycles. The van der Waals surface area contributed by atoms with Gasteiger partial charge in [0.2, 0.25) is 0 Å². The Morgan fingerprint density at radius 3 is 2.52 bits per heavy atom. The predicted octanol–water partition coefficient (Wildman–Crippen LogP) is 4.64. The van der Waals surface area contributed by atoms with Crippen LogP contribution in [0.15, 0.2) is 36.5 Å². The molecule has 3 rings (SSSR count). The predicted molar refractivity (Wildman–Crippen MR) is 100 cm³/mol. The summed E-state index contributed by atoms with van der Waals surface area (Å²) < 4.78 is 0. The molecule has 2 heterocycles. The van der Waals surface area contributed by atoms with Gasteiger partial charge in [-0.15, -0.1) is 0 Å². The van der Waals surface area contributed by atoms with Crippen LogP contribution in [-0.2, 0) is 6.54 Å². The number of nitro benzene ring substituents is 1. The van der Waals surface area contributed by atoms with E-state index in [0.29, 0.717) is 17.3 Å². The third-order valence-corrected chi connectivity index (χ3v) is 4.70. The number of benzene rings is 1. The summed E-state index contributed by atoms with van der Waals surface area (Å²) in [7, 11) is 0. The number of halogens is 1. The summed E-state index contributed by atoms with van der Waals surface area (Å²) in [4.78, 5) is 17.2. The number of hydrogen-bond acceptors (Lipinski definition) is 5. The Labute approximate surface area is 152 Å². The molecule has 7 heteroatoms. The Bertz CT molecular complexity index is 728. The Morgan fingerprint density at radius 1 is 1.16 bits per heavy atom. The summed E-state index contributed by atoms with van der Waals surface area (Å²) in [6.07, 6.45) is 6.92. The fourth-order valence-corrected chi connectivity index (χ4v) is 3.21. The number of pyridine rings is 1. The van der Waals surface area contributed by atoms with Gasteiger partial charge in [-0.1, -0.05) is 30.5 Å². The molecule has 0 radical (unpaired) electrons. The van der Waals surface area contributed by atoms with Crippen molar-refractivity contribution in [2.24, 2.45) is 0 Å². The fraction of sp³-hybridized carbons (Fsp3) is 0.389. The molecule has 0 unspecified atom stereocenters. The number of anilines is 2. The van der Waals surface area contributed by atoms with Crippen LogP contribution in [0.4, 0.5) is 17.2 Å². The Balaban J connectivity index is 1.61. The maximum atomic E-state index is 10.7. The summed E-state index contributed by atoms with van der Waals surface area (Å²) in [5.74, 6) is 1.03. The molecular weight excluding hydrogens is 340 g/mol. The Kier molecular flexibility index (Phi) is 5.71. The van der Waals surface area contributed by atoms with Gasteiger partial charge in [0.1, 0.15) is 5.82 Å². The first kappa shape index (κ1) is 17.5. The number of aromatic nitrogens is 1. The molecule has 0 amide bonds. The molecule has 25 heavy (non-hydrogen) atoms. The highest BCUT2D eigenvalue weighted by atomic mass is 35.5. The van der Waals surface area contributed by atoms with Gasteiger partial charge in [0.15, 0.2) is 0 Å². The lowest BCUT2D eigenvalue weighted by molar-refractivity contribution is -0.384. The smallest absolute Gasteiger partial charge is 0.271 e. The molecular formula is C18H21ClN4O2. The molecule has 6 nitrogen and oxygen atoms in total. The zero-order chi connectivity index (χ0) is 17.6. The van der Waals surface area contributed by atoms with Crippen molar-refractivity contribution in [3.8, 4) is 0 Å². The molecule has 1 fully saturated rings. The van der Waals surface area contributed by atoms with Gasteiger partial charge < -0.3 is 10.2 Å². The minimum Gasteiger partial charge on any atom is -0.380 e. The minimum absolute atomic E-state index is 0.0148. The number of nitrogens with zero attached hydrogens (tertiary/aromatic N) is 3.